The molecule has 0 saturated carbocycles. The molecule has 1 aromatic carbocycles. The van der Waals surface area contributed by atoms with Gasteiger partial charge in [0.25, 0.3) is 0 Å². The quantitative estimate of drug-likeness (QED) is 0.746. The molecule has 0 aliphatic carbocycles. The molecule has 8 heteroatoms. The van der Waals surface area contributed by atoms with Crippen LogP contribution in [0.2, 0.25) is 0 Å². The Hall–Kier alpha value is -1.21. The minimum Gasteiger partial charge on any atom is -0.497 e. The number of methoxy groups -OCH3 is 1. The molecule has 1 aromatic rings. The average molecular weight is 434 g/mol. The summed E-state index contributed by atoms with van der Waals surface area (Å²) < 4.78 is 11.0. The Labute approximate surface area is 180 Å². The number of ether oxygens (including phenoxy) is 2. The first kappa shape index (κ1) is 24.8. The normalized spacial score (nSPS) is 19.1. The van der Waals surface area contributed by atoms with Crippen molar-refractivity contribution in [1.29, 1.82) is 0 Å². The fourth-order valence-corrected chi connectivity index (χ4v) is 3.73. The zero-order chi connectivity index (χ0) is 18.4. The van der Waals surface area contributed by atoms with E-state index in [0.29, 0.717) is 12.5 Å². The average Bonchev–Trinajstić information content (AvgIpc) is 2.69. The molecule has 2 aliphatic rings. The van der Waals surface area contributed by atoms with Gasteiger partial charge in [0, 0.05) is 44.2 Å². The molecular weight excluding hydrogens is 401 g/mol. The summed E-state index contributed by atoms with van der Waals surface area (Å²) >= 11 is 0. The number of hydrogen-bond donors (Lipinski definition) is 1. The van der Waals surface area contributed by atoms with Crippen LogP contribution >= 0.6 is 24.8 Å². The van der Waals surface area contributed by atoms with Crippen LogP contribution < -0.4 is 14.8 Å². The van der Waals surface area contributed by atoms with Crippen molar-refractivity contribution in [1.82, 2.24) is 15.1 Å². The maximum Gasteiger partial charge on any atom is 0.228 e. The molecule has 2 saturated heterocycles. The van der Waals surface area contributed by atoms with E-state index in [1.54, 1.807) is 7.11 Å². The number of piperidine rings is 1. The van der Waals surface area contributed by atoms with Gasteiger partial charge in [-0.25, -0.2) is 0 Å². The van der Waals surface area contributed by atoms with Gasteiger partial charge in [0.15, 0.2) is 0 Å². The van der Waals surface area contributed by atoms with Crippen LogP contribution in [-0.4, -0.2) is 75.2 Å². The van der Waals surface area contributed by atoms with Gasteiger partial charge >= 0.3 is 0 Å². The largest absolute Gasteiger partial charge is 0.497 e. The zero-order valence-electron chi connectivity index (χ0n) is 16.8. The van der Waals surface area contributed by atoms with Gasteiger partial charge in [0.2, 0.25) is 5.91 Å². The third-order valence-corrected chi connectivity index (χ3v) is 5.60. The number of hydrogen-bond acceptors (Lipinski definition) is 5. The molecule has 28 heavy (non-hydrogen) atoms. The van der Waals surface area contributed by atoms with Crippen molar-refractivity contribution in [3.8, 4) is 11.5 Å². The molecule has 6 nitrogen and oxygen atoms in total. The van der Waals surface area contributed by atoms with Gasteiger partial charge in [-0.3, -0.25) is 9.69 Å². The fourth-order valence-electron chi connectivity index (χ4n) is 3.73. The summed E-state index contributed by atoms with van der Waals surface area (Å²) in [5.74, 6) is 1.98. The molecule has 0 atom stereocenters. The van der Waals surface area contributed by atoms with Gasteiger partial charge in [-0.2, -0.15) is 0 Å². The highest BCUT2D eigenvalue weighted by Crippen LogP contribution is 2.30. The highest BCUT2D eigenvalue weighted by Gasteiger charge is 2.38. The van der Waals surface area contributed by atoms with Crippen molar-refractivity contribution in [3.05, 3.63) is 24.3 Å². The van der Waals surface area contributed by atoms with Crippen molar-refractivity contribution < 1.29 is 14.3 Å². The second-order valence-corrected chi connectivity index (χ2v) is 7.47. The van der Waals surface area contributed by atoms with E-state index in [-0.39, 0.29) is 30.2 Å². The molecule has 0 unspecified atom stereocenters. The topological polar surface area (TPSA) is 54.0 Å². The summed E-state index contributed by atoms with van der Waals surface area (Å²) in [7, 11) is 1.66. The number of piperazine rings is 1. The SMILES string of the molecule is COc1cccc(OCCN2CCN(C(=O)C3(C)CCNCC3)CC2)c1.Cl.Cl. The predicted molar refractivity (Wildman–Crippen MR) is 116 cm³/mol. The van der Waals surface area contributed by atoms with Crippen molar-refractivity contribution in [2.75, 3.05) is 59.5 Å². The first-order valence-corrected chi connectivity index (χ1v) is 9.60. The summed E-state index contributed by atoms with van der Waals surface area (Å²) in [4.78, 5) is 17.3. The van der Waals surface area contributed by atoms with Crippen molar-refractivity contribution in [2.24, 2.45) is 5.41 Å². The Morgan fingerprint density at radius 3 is 2.39 bits per heavy atom. The van der Waals surface area contributed by atoms with E-state index in [0.717, 1.165) is 70.2 Å². The predicted octanol–water partition coefficient (Wildman–Crippen LogP) is 2.45. The lowest BCUT2D eigenvalue weighted by Crippen LogP contribution is -2.54. The number of carbonyl (C=O) groups excluding carboxylic acids is 1. The molecule has 0 bridgehead atoms. The van der Waals surface area contributed by atoms with Crippen molar-refractivity contribution >= 4 is 30.7 Å². The number of amides is 1. The fraction of sp³-hybridized carbons (Fsp3) is 0.650. The lowest BCUT2D eigenvalue weighted by Gasteiger charge is -2.41. The van der Waals surface area contributed by atoms with Crippen LogP contribution in [0.25, 0.3) is 0 Å². The van der Waals surface area contributed by atoms with Gasteiger partial charge in [-0.05, 0) is 38.1 Å². The maximum atomic E-state index is 12.9. The van der Waals surface area contributed by atoms with Gasteiger partial charge in [-0.15, -0.1) is 24.8 Å². The molecule has 0 radical (unpaired) electrons. The van der Waals surface area contributed by atoms with Gasteiger partial charge in [-0.1, -0.05) is 13.0 Å². The lowest BCUT2D eigenvalue weighted by molar-refractivity contribution is -0.144. The molecular formula is C20H33Cl2N3O3. The minimum atomic E-state index is -0.178. The Morgan fingerprint density at radius 1 is 1.11 bits per heavy atom. The van der Waals surface area contributed by atoms with Crippen LogP contribution in [0.5, 0.6) is 11.5 Å². The van der Waals surface area contributed by atoms with E-state index >= 15 is 0 Å². The van der Waals surface area contributed by atoms with E-state index in [9.17, 15) is 4.79 Å². The molecule has 0 spiro atoms. The summed E-state index contributed by atoms with van der Waals surface area (Å²) in [5, 5.41) is 3.35. The zero-order valence-corrected chi connectivity index (χ0v) is 18.4. The number of nitrogens with zero attached hydrogens (tertiary/aromatic N) is 2. The second kappa shape index (κ2) is 11.7. The molecule has 0 aromatic heterocycles. The number of halogens is 2. The summed E-state index contributed by atoms with van der Waals surface area (Å²) in [6, 6.07) is 7.68. The van der Waals surface area contributed by atoms with Crippen molar-refractivity contribution in [3.63, 3.8) is 0 Å². The maximum absolute atomic E-state index is 12.9. The van der Waals surface area contributed by atoms with E-state index in [2.05, 4.69) is 22.0 Å². The van der Waals surface area contributed by atoms with E-state index < -0.39 is 0 Å². The molecule has 2 fully saturated rings. The third-order valence-electron chi connectivity index (χ3n) is 5.60. The summed E-state index contributed by atoms with van der Waals surface area (Å²) in [6.07, 6.45) is 1.89. The Balaban J connectivity index is 0.00000196. The highest BCUT2D eigenvalue weighted by molar-refractivity contribution is 5.85. The molecule has 2 heterocycles. The van der Waals surface area contributed by atoms with E-state index in [1.807, 2.05) is 24.3 Å². The number of benzene rings is 1. The molecule has 1 amide bonds. The van der Waals surface area contributed by atoms with Gasteiger partial charge in [0.1, 0.15) is 18.1 Å². The first-order chi connectivity index (χ1) is 12.6. The van der Waals surface area contributed by atoms with Crippen LogP contribution in [-0.2, 0) is 4.79 Å². The number of nitrogens with one attached hydrogen (secondary N) is 1. The Morgan fingerprint density at radius 2 is 1.75 bits per heavy atom. The summed E-state index contributed by atoms with van der Waals surface area (Å²) in [5.41, 5.74) is -0.178. The Kier molecular flexibility index (Phi) is 10.4. The van der Waals surface area contributed by atoms with Crippen LogP contribution in [0.4, 0.5) is 0 Å². The highest BCUT2D eigenvalue weighted by atomic mass is 35.5. The second-order valence-electron chi connectivity index (χ2n) is 7.47. The minimum absolute atomic E-state index is 0. The number of carbonyl (C=O) groups is 1. The Bertz CT molecular complexity index is 604. The van der Waals surface area contributed by atoms with Crippen LogP contribution in [0.3, 0.4) is 0 Å². The van der Waals surface area contributed by atoms with E-state index in [4.69, 9.17) is 9.47 Å². The molecule has 1 N–H and O–H groups in total. The molecule has 160 valence electrons. The van der Waals surface area contributed by atoms with Crippen molar-refractivity contribution in [2.45, 2.75) is 19.8 Å². The van der Waals surface area contributed by atoms with E-state index in [1.165, 1.54) is 0 Å². The molecule has 2 aliphatic heterocycles. The smallest absolute Gasteiger partial charge is 0.228 e. The summed E-state index contributed by atoms with van der Waals surface area (Å²) in [6.45, 7) is 9.02. The van der Waals surface area contributed by atoms with Gasteiger partial charge < -0.3 is 19.7 Å². The lowest BCUT2D eigenvalue weighted by atomic mass is 9.79. The standard InChI is InChI=1S/C20H31N3O3.2ClH/c1-20(6-8-21-9-7-20)19(24)23-12-10-22(11-13-23)14-15-26-18-5-3-4-17(16-18)25-2;;/h3-5,16,21H,6-15H2,1-2H3;2*1H. The number of rotatable bonds is 6. The monoisotopic (exact) mass is 433 g/mol. The first-order valence-electron chi connectivity index (χ1n) is 9.60. The van der Waals surface area contributed by atoms with Gasteiger partial charge in [0.05, 0.1) is 7.11 Å². The van der Waals surface area contributed by atoms with Crippen LogP contribution in [0, 0.1) is 5.41 Å². The van der Waals surface area contributed by atoms with Crippen LogP contribution in [0.15, 0.2) is 24.3 Å². The van der Waals surface area contributed by atoms with Crippen LogP contribution in [0.1, 0.15) is 19.8 Å². The molecule has 3 rings (SSSR count). The third kappa shape index (κ3) is 6.41.